The number of nitrogens with two attached hydrogens (primary N) is 1. The summed E-state index contributed by atoms with van der Waals surface area (Å²) in [6.45, 7) is -1.22. The quantitative estimate of drug-likeness (QED) is 0.163. The molecule has 2 N–H and O–H groups in total. The van der Waals surface area contributed by atoms with Crippen LogP contribution in [0.1, 0.15) is 96.3 Å². The second kappa shape index (κ2) is 14.4. The van der Waals surface area contributed by atoms with E-state index in [2.05, 4.69) is 6.07 Å². The third-order valence-electron chi connectivity index (χ3n) is 8.36. The van der Waals surface area contributed by atoms with Gasteiger partial charge in [0.25, 0.3) is 0 Å². The van der Waals surface area contributed by atoms with Gasteiger partial charge in [-0.3, -0.25) is 0 Å². The summed E-state index contributed by atoms with van der Waals surface area (Å²) in [7, 11) is 0. The van der Waals surface area contributed by atoms with Crippen molar-refractivity contribution in [2.24, 2.45) is 0 Å². The first-order valence-corrected chi connectivity index (χ1v) is 16.5. The molecule has 0 unspecified atom stereocenters. The van der Waals surface area contributed by atoms with Gasteiger partial charge in [-0.25, -0.2) is 0 Å². The van der Waals surface area contributed by atoms with Crippen LogP contribution in [0.25, 0.3) is 11.1 Å². The van der Waals surface area contributed by atoms with E-state index < -0.39 is 6.62 Å². The zero-order chi connectivity index (χ0) is 22.9. The molecular formula is C30H43ClNPPd+2. The van der Waals surface area contributed by atoms with Crippen LogP contribution in [0.15, 0.2) is 48.5 Å². The maximum atomic E-state index is 7.69. The molecule has 0 aliphatic heterocycles. The summed E-state index contributed by atoms with van der Waals surface area (Å²) in [6, 6.07) is 18.8. The zero-order valence-corrected chi connectivity index (χ0v) is 23.9. The molecule has 2 aromatic rings. The Bertz CT molecular complexity index is 781. The molecule has 4 heteroatoms. The third kappa shape index (κ3) is 7.10. The van der Waals surface area contributed by atoms with Crippen LogP contribution >= 0.6 is 17.9 Å². The van der Waals surface area contributed by atoms with Crippen molar-refractivity contribution in [3.63, 3.8) is 0 Å². The molecule has 0 amide bonds. The van der Waals surface area contributed by atoms with Gasteiger partial charge in [-0.05, 0) is 88.8 Å². The monoisotopic (exact) mass is 589 g/mol. The average Bonchev–Trinajstić information content (AvgIpc) is 2.91. The molecule has 1 nitrogen and oxygen atoms in total. The van der Waals surface area contributed by atoms with Crippen LogP contribution in [0, 0.1) is 6.07 Å². The standard InChI is InChI=1S/C18H33ClP.C12H10N.Pd/c19-20(16-10-4-1-5-11-16,17-12-6-2-7-13-17)18-14-8-3-9-15-18;13-12-9-5-4-8-11(12)10-6-2-1-3-7-10;/h16-18H,1-15H2;1-6,8-9H,13H2;/q+1;-1;+2. The minimum atomic E-state index is -1.22. The van der Waals surface area contributed by atoms with Crippen molar-refractivity contribution < 1.29 is 20.4 Å². The van der Waals surface area contributed by atoms with Crippen LogP contribution in [0.5, 0.6) is 0 Å². The van der Waals surface area contributed by atoms with E-state index in [-0.39, 0.29) is 20.4 Å². The Morgan fingerprint density at radius 3 is 1.50 bits per heavy atom. The van der Waals surface area contributed by atoms with Gasteiger partial charge in [-0.1, -0.05) is 43.0 Å². The Balaban J connectivity index is 0.000000201. The molecule has 3 saturated carbocycles. The predicted octanol–water partition coefficient (Wildman–Crippen LogP) is 9.89. The molecule has 0 bridgehead atoms. The Morgan fingerprint density at radius 2 is 1.09 bits per heavy atom. The van der Waals surface area contributed by atoms with Crippen molar-refractivity contribution in [2.45, 2.75) is 113 Å². The molecule has 188 valence electrons. The van der Waals surface area contributed by atoms with Gasteiger partial charge in [0.1, 0.15) is 6.62 Å². The second-order valence-corrected chi connectivity index (χ2v) is 15.9. The molecule has 3 aliphatic rings. The number of para-hydroxylation sites is 1. The molecular weight excluding hydrogens is 547 g/mol. The normalized spacial score (nSPS) is 20.6. The van der Waals surface area contributed by atoms with E-state index in [0.717, 1.165) is 33.8 Å². The first-order chi connectivity index (χ1) is 16.2. The maximum absolute atomic E-state index is 7.69. The number of anilines is 1. The fraction of sp³-hybridized carbons (Fsp3) is 0.600. The Hall–Kier alpha value is -0.378. The van der Waals surface area contributed by atoms with E-state index in [4.69, 9.17) is 17.0 Å². The largest absolute Gasteiger partial charge is 2.00 e. The summed E-state index contributed by atoms with van der Waals surface area (Å²) in [4.78, 5) is 0. The predicted molar refractivity (Wildman–Crippen MR) is 149 cm³/mol. The van der Waals surface area contributed by atoms with E-state index in [0.29, 0.717) is 0 Å². The first kappa shape index (κ1) is 28.2. The van der Waals surface area contributed by atoms with Crippen molar-refractivity contribution in [2.75, 3.05) is 5.73 Å². The molecule has 5 rings (SSSR count). The molecule has 2 aromatic carbocycles. The fourth-order valence-electron chi connectivity index (χ4n) is 6.63. The molecule has 3 aliphatic carbocycles. The van der Waals surface area contributed by atoms with E-state index in [9.17, 15) is 0 Å². The van der Waals surface area contributed by atoms with Gasteiger partial charge in [0, 0.05) is 0 Å². The summed E-state index contributed by atoms with van der Waals surface area (Å²) in [5.74, 6) is 0. The molecule has 0 spiro atoms. The molecule has 0 saturated heterocycles. The van der Waals surface area contributed by atoms with Crippen LogP contribution < -0.4 is 5.73 Å². The first-order valence-electron chi connectivity index (χ1n) is 13.6. The molecule has 0 aromatic heterocycles. The van der Waals surface area contributed by atoms with E-state index in [1.54, 1.807) is 0 Å². The van der Waals surface area contributed by atoms with Crippen molar-refractivity contribution in [1.82, 2.24) is 0 Å². The van der Waals surface area contributed by atoms with Gasteiger partial charge >= 0.3 is 20.4 Å². The number of nitrogen functional groups attached to an aromatic ring is 1. The van der Waals surface area contributed by atoms with Crippen molar-refractivity contribution in [1.29, 1.82) is 0 Å². The van der Waals surface area contributed by atoms with Crippen molar-refractivity contribution in [3.05, 3.63) is 54.6 Å². The molecule has 0 heterocycles. The Labute approximate surface area is 227 Å². The summed E-state index contributed by atoms with van der Waals surface area (Å²) < 4.78 is 0. The average molecular weight is 591 g/mol. The minimum absolute atomic E-state index is 0. The summed E-state index contributed by atoms with van der Waals surface area (Å²) in [6.07, 6.45) is 22.1. The minimum Gasteiger partial charge on any atom is -0.406 e. The summed E-state index contributed by atoms with van der Waals surface area (Å²) in [5, 5.41) is 0. The summed E-state index contributed by atoms with van der Waals surface area (Å²) in [5.41, 5.74) is 11.6. The number of halogens is 1. The third-order valence-corrected chi connectivity index (χ3v) is 15.8. The van der Waals surface area contributed by atoms with Gasteiger partial charge in [-0.2, -0.15) is 0 Å². The van der Waals surface area contributed by atoms with E-state index in [1.807, 2.05) is 48.5 Å². The number of hydrogen-bond acceptors (Lipinski definition) is 1. The topological polar surface area (TPSA) is 26.0 Å². The summed E-state index contributed by atoms with van der Waals surface area (Å²) >= 11 is 7.69. The Morgan fingerprint density at radius 1 is 0.647 bits per heavy atom. The van der Waals surface area contributed by atoms with Crippen LogP contribution in [0.3, 0.4) is 0 Å². The SMILES string of the molecule is Cl[P+](C1CCCCC1)(C1CCCCC1)C1CCCCC1.Nc1ccccc1-c1[c-]cccc1.[Pd+2]. The van der Waals surface area contributed by atoms with Crippen LogP contribution in [-0.2, 0) is 20.4 Å². The Kier molecular flexibility index (Phi) is 11.9. The van der Waals surface area contributed by atoms with Gasteiger partial charge in [-0.15, -0.1) is 35.9 Å². The van der Waals surface area contributed by atoms with Gasteiger partial charge < -0.3 is 5.73 Å². The van der Waals surface area contributed by atoms with Crippen molar-refractivity contribution in [3.8, 4) is 11.1 Å². The van der Waals surface area contributed by atoms with Crippen LogP contribution in [-0.4, -0.2) is 17.0 Å². The second-order valence-electron chi connectivity index (χ2n) is 10.5. The molecule has 3 fully saturated rings. The van der Waals surface area contributed by atoms with Gasteiger partial charge in [0.05, 0.1) is 28.2 Å². The number of hydrogen-bond donors (Lipinski definition) is 1. The van der Waals surface area contributed by atoms with E-state index >= 15 is 0 Å². The van der Waals surface area contributed by atoms with Gasteiger partial charge in [0.2, 0.25) is 0 Å². The fourth-order valence-corrected chi connectivity index (χ4v) is 13.6. The molecule has 0 radical (unpaired) electrons. The molecule has 34 heavy (non-hydrogen) atoms. The van der Waals surface area contributed by atoms with Crippen LogP contribution in [0.2, 0.25) is 0 Å². The van der Waals surface area contributed by atoms with E-state index in [1.165, 1.54) is 96.3 Å². The molecule has 0 atom stereocenters. The van der Waals surface area contributed by atoms with Crippen molar-refractivity contribution >= 4 is 23.5 Å². The van der Waals surface area contributed by atoms with Gasteiger partial charge in [0.15, 0.2) is 0 Å². The smallest absolute Gasteiger partial charge is 0.406 e. The van der Waals surface area contributed by atoms with Crippen LogP contribution in [0.4, 0.5) is 5.69 Å². The number of rotatable bonds is 4. The maximum Gasteiger partial charge on any atom is 2.00 e. The zero-order valence-electron chi connectivity index (χ0n) is 20.7. The number of benzene rings is 2.